The number of ether oxygens (including phenoxy) is 1. The number of alkyl halides is 6. The van der Waals surface area contributed by atoms with Crippen LogP contribution < -0.4 is 5.32 Å². The Balaban J connectivity index is 2.43. The van der Waals surface area contributed by atoms with Crippen LogP contribution in [0.5, 0.6) is 0 Å². The van der Waals surface area contributed by atoms with E-state index in [1.165, 1.54) is 11.4 Å². The first kappa shape index (κ1) is 19.8. The Hall–Kier alpha value is -2.56. The largest absolute Gasteiger partial charge is 0.465 e. The fourth-order valence-electron chi connectivity index (χ4n) is 1.94. The second-order valence-electron chi connectivity index (χ2n) is 4.90. The summed E-state index contributed by atoms with van der Waals surface area (Å²) in [6.45, 7) is 0. The van der Waals surface area contributed by atoms with Crippen molar-refractivity contribution in [1.29, 1.82) is 0 Å². The summed E-state index contributed by atoms with van der Waals surface area (Å²) in [7, 11) is 1.08. The molecule has 0 fully saturated rings. The Labute approximate surface area is 146 Å². The third-order valence-corrected chi connectivity index (χ3v) is 4.03. The van der Waals surface area contributed by atoms with Crippen LogP contribution in [0, 0.1) is 0 Å². The van der Waals surface area contributed by atoms with Gasteiger partial charge in [-0.05, 0) is 29.6 Å². The number of anilines is 1. The lowest BCUT2D eigenvalue weighted by atomic mass is 10.0. The minimum Gasteiger partial charge on any atom is -0.465 e. The van der Waals surface area contributed by atoms with Gasteiger partial charge < -0.3 is 10.1 Å². The molecular formula is C15H9F6NO3S. The standard InChI is InChI=1S/C15H9F6NO3S/c1-25-13(24)11-10(2-3-26-11)22-12(23)7-4-8(14(16,17)18)6-9(5-7)15(19,20)21/h2-6H,1H3,(H,22,23). The van der Waals surface area contributed by atoms with E-state index >= 15 is 0 Å². The van der Waals surface area contributed by atoms with Crippen LogP contribution in [0.15, 0.2) is 29.6 Å². The zero-order valence-corrected chi connectivity index (χ0v) is 13.6. The first-order chi connectivity index (χ1) is 11.9. The van der Waals surface area contributed by atoms with Crippen LogP contribution in [0.4, 0.5) is 32.0 Å². The van der Waals surface area contributed by atoms with Gasteiger partial charge in [-0.15, -0.1) is 11.3 Å². The molecule has 1 aromatic heterocycles. The average molecular weight is 397 g/mol. The number of halogens is 6. The smallest absolute Gasteiger partial charge is 0.416 e. The maximum absolute atomic E-state index is 12.8. The van der Waals surface area contributed by atoms with Crippen LogP contribution in [0.3, 0.4) is 0 Å². The molecule has 4 nitrogen and oxygen atoms in total. The van der Waals surface area contributed by atoms with E-state index in [0.717, 1.165) is 18.4 Å². The molecule has 2 rings (SSSR count). The molecule has 0 saturated carbocycles. The summed E-state index contributed by atoms with van der Waals surface area (Å²) in [5.41, 5.74) is -4.17. The normalized spacial score (nSPS) is 12.0. The maximum atomic E-state index is 12.8. The zero-order valence-electron chi connectivity index (χ0n) is 12.8. The number of nitrogens with one attached hydrogen (secondary N) is 1. The van der Waals surface area contributed by atoms with Crippen molar-refractivity contribution in [1.82, 2.24) is 0 Å². The minimum atomic E-state index is -5.07. The maximum Gasteiger partial charge on any atom is 0.416 e. The zero-order chi connectivity index (χ0) is 19.7. The van der Waals surface area contributed by atoms with Gasteiger partial charge in [-0.1, -0.05) is 0 Å². The van der Waals surface area contributed by atoms with Gasteiger partial charge in [0.25, 0.3) is 5.91 Å². The van der Waals surface area contributed by atoms with Crippen molar-refractivity contribution in [3.8, 4) is 0 Å². The Kier molecular flexibility index (Phi) is 5.31. The predicted molar refractivity (Wildman–Crippen MR) is 80.1 cm³/mol. The quantitative estimate of drug-likeness (QED) is 0.597. The molecule has 1 N–H and O–H groups in total. The van der Waals surface area contributed by atoms with Crippen LogP contribution in [0.2, 0.25) is 0 Å². The highest BCUT2D eigenvalue weighted by molar-refractivity contribution is 7.12. The van der Waals surface area contributed by atoms with E-state index in [1.54, 1.807) is 0 Å². The fraction of sp³-hybridized carbons (Fsp3) is 0.200. The summed E-state index contributed by atoms with van der Waals surface area (Å²) in [4.78, 5) is 23.6. The van der Waals surface area contributed by atoms with Gasteiger partial charge in [-0.25, -0.2) is 4.79 Å². The van der Waals surface area contributed by atoms with Crippen molar-refractivity contribution in [3.05, 3.63) is 51.2 Å². The number of esters is 1. The Bertz CT molecular complexity index is 808. The van der Waals surface area contributed by atoms with Crippen LogP contribution >= 0.6 is 11.3 Å². The summed E-state index contributed by atoms with van der Waals surface area (Å²) in [5, 5.41) is 3.51. The van der Waals surface area contributed by atoms with Gasteiger partial charge >= 0.3 is 18.3 Å². The Morgan fingerprint density at radius 3 is 2.00 bits per heavy atom. The van der Waals surface area contributed by atoms with Crippen molar-refractivity contribution in [2.24, 2.45) is 0 Å². The van der Waals surface area contributed by atoms with Crippen molar-refractivity contribution >= 4 is 28.9 Å². The highest BCUT2D eigenvalue weighted by atomic mass is 32.1. The lowest BCUT2D eigenvalue weighted by molar-refractivity contribution is -0.143. The Morgan fingerprint density at radius 1 is 1.00 bits per heavy atom. The van der Waals surface area contributed by atoms with E-state index in [-0.39, 0.29) is 16.6 Å². The molecule has 0 bridgehead atoms. The van der Waals surface area contributed by atoms with Gasteiger partial charge in [0, 0.05) is 5.56 Å². The van der Waals surface area contributed by atoms with E-state index < -0.39 is 40.9 Å². The molecule has 11 heteroatoms. The van der Waals surface area contributed by atoms with Crippen molar-refractivity contribution in [2.45, 2.75) is 12.4 Å². The molecule has 26 heavy (non-hydrogen) atoms. The molecule has 0 radical (unpaired) electrons. The number of thiophene rings is 1. The van der Waals surface area contributed by atoms with Gasteiger partial charge in [0.05, 0.1) is 23.9 Å². The van der Waals surface area contributed by atoms with E-state index in [2.05, 4.69) is 10.1 Å². The SMILES string of the molecule is COC(=O)c1sccc1NC(=O)c1cc(C(F)(F)F)cc(C(F)(F)F)c1. The summed E-state index contributed by atoms with van der Waals surface area (Å²) in [5.74, 6) is -2.04. The fourth-order valence-corrected chi connectivity index (χ4v) is 2.70. The summed E-state index contributed by atoms with van der Waals surface area (Å²) >= 11 is 0.885. The van der Waals surface area contributed by atoms with E-state index in [1.807, 2.05) is 0 Å². The van der Waals surface area contributed by atoms with Crippen LogP contribution in [-0.2, 0) is 17.1 Å². The van der Waals surface area contributed by atoms with Crippen LogP contribution in [-0.4, -0.2) is 19.0 Å². The van der Waals surface area contributed by atoms with Gasteiger partial charge in [-0.2, -0.15) is 26.3 Å². The molecule has 0 aliphatic heterocycles. The summed E-state index contributed by atoms with van der Waals surface area (Å²) < 4.78 is 81.5. The third kappa shape index (κ3) is 4.34. The molecule has 1 amide bonds. The number of hydrogen-bond acceptors (Lipinski definition) is 4. The number of rotatable bonds is 3. The second-order valence-corrected chi connectivity index (χ2v) is 5.82. The first-order valence-electron chi connectivity index (χ1n) is 6.70. The predicted octanol–water partition coefficient (Wildman–Crippen LogP) is 4.82. The first-order valence-corrected chi connectivity index (χ1v) is 7.58. The molecule has 140 valence electrons. The number of carbonyl (C=O) groups excluding carboxylic acids is 2. The third-order valence-electron chi connectivity index (χ3n) is 3.13. The van der Waals surface area contributed by atoms with E-state index in [0.29, 0.717) is 12.1 Å². The summed E-state index contributed by atoms with van der Waals surface area (Å²) in [6, 6.07) is 1.79. The van der Waals surface area contributed by atoms with Crippen molar-refractivity contribution in [3.63, 3.8) is 0 Å². The van der Waals surface area contributed by atoms with Gasteiger partial charge in [0.1, 0.15) is 4.88 Å². The van der Waals surface area contributed by atoms with Crippen molar-refractivity contribution in [2.75, 3.05) is 12.4 Å². The molecule has 0 spiro atoms. The van der Waals surface area contributed by atoms with Gasteiger partial charge in [-0.3, -0.25) is 4.79 Å². The molecular weight excluding hydrogens is 388 g/mol. The molecule has 0 saturated heterocycles. The number of benzene rings is 1. The van der Waals surface area contributed by atoms with Gasteiger partial charge in [0.15, 0.2) is 0 Å². The van der Waals surface area contributed by atoms with Crippen LogP contribution in [0.25, 0.3) is 0 Å². The monoisotopic (exact) mass is 397 g/mol. The topological polar surface area (TPSA) is 55.4 Å². The summed E-state index contributed by atoms with van der Waals surface area (Å²) in [6.07, 6.45) is -10.1. The Morgan fingerprint density at radius 2 is 1.54 bits per heavy atom. The second kappa shape index (κ2) is 6.98. The van der Waals surface area contributed by atoms with Crippen LogP contribution in [0.1, 0.15) is 31.2 Å². The van der Waals surface area contributed by atoms with Crippen molar-refractivity contribution < 1.29 is 40.7 Å². The molecule has 1 heterocycles. The molecule has 2 aromatic rings. The number of methoxy groups -OCH3 is 1. The molecule has 0 atom stereocenters. The van der Waals surface area contributed by atoms with Gasteiger partial charge in [0.2, 0.25) is 0 Å². The molecule has 0 aliphatic carbocycles. The number of carbonyl (C=O) groups is 2. The number of amides is 1. The lowest BCUT2D eigenvalue weighted by Gasteiger charge is -2.14. The lowest BCUT2D eigenvalue weighted by Crippen LogP contribution is -2.18. The number of hydrogen-bond donors (Lipinski definition) is 1. The molecule has 0 unspecified atom stereocenters. The highest BCUT2D eigenvalue weighted by Crippen LogP contribution is 2.36. The van der Waals surface area contributed by atoms with E-state index in [9.17, 15) is 35.9 Å². The average Bonchev–Trinajstić information content (AvgIpc) is 3.00. The van der Waals surface area contributed by atoms with E-state index in [4.69, 9.17) is 0 Å². The minimum absolute atomic E-state index is 0.0520. The highest BCUT2D eigenvalue weighted by Gasteiger charge is 2.37. The molecule has 0 aliphatic rings. The molecule has 1 aromatic carbocycles.